The minimum atomic E-state index is 0.494. The second kappa shape index (κ2) is 3.59. The normalized spacial score (nSPS) is 15.3. The van der Waals surface area contributed by atoms with Crippen molar-refractivity contribution in [2.75, 3.05) is 5.73 Å². The highest BCUT2D eigenvalue weighted by Crippen LogP contribution is 2.43. The number of hydrogen-bond donors (Lipinski definition) is 1. The quantitative estimate of drug-likeness (QED) is 0.918. The Hall–Kier alpha value is -1.36. The molecule has 4 nitrogen and oxygen atoms in total. The van der Waals surface area contributed by atoms with Crippen molar-refractivity contribution in [1.29, 1.82) is 0 Å². The van der Waals surface area contributed by atoms with Crippen molar-refractivity contribution in [2.24, 2.45) is 0 Å². The van der Waals surface area contributed by atoms with Crippen LogP contribution in [0.25, 0.3) is 11.4 Å². The number of nitrogens with zero attached hydrogens (tertiary/aromatic N) is 2. The summed E-state index contributed by atoms with van der Waals surface area (Å²) in [6.07, 6.45) is 5.59. The van der Waals surface area contributed by atoms with Crippen molar-refractivity contribution in [3.63, 3.8) is 0 Å². The van der Waals surface area contributed by atoms with Crippen molar-refractivity contribution in [3.05, 3.63) is 28.8 Å². The van der Waals surface area contributed by atoms with Gasteiger partial charge in [-0.25, -0.2) is 9.97 Å². The van der Waals surface area contributed by atoms with Crippen molar-refractivity contribution in [2.45, 2.75) is 18.8 Å². The predicted molar refractivity (Wildman–Crippen MR) is 63.8 cm³/mol. The van der Waals surface area contributed by atoms with Gasteiger partial charge in [0.2, 0.25) is 0 Å². The van der Waals surface area contributed by atoms with Crippen LogP contribution < -0.4 is 5.73 Å². The van der Waals surface area contributed by atoms with E-state index in [0.717, 1.165) is 15.7 Å². The van der Waals surface area contributed by atoms with Gasteiger partial charge in [-0.15, -0.1) is 0 Å². The average molecular weight is 280 g/mol. The van der Waals surface area contributed by atoms with E-state index in [1.807, 2.05) is 6.07 Å². The molecule has 0 amide bonds. The monoisotopic (exact) mass is 279 g/mol. The molecule has 1 aliphatic rings. The third-order valence-electron chi connectivity index (χ3n) is 2.65. The molecule has 0 bridgehead atoms. The van der Waals surface area contributed by atoms with Gasteiger partial charge in [-0.1, -0.05) is 0 Å². The van der Waals surface area contributed by atoms with Crippen LogP contribution in [0.4, 0.5) is 5.82 Å². The lowest BCUT2D eigenvalue weighted by Crippen LogP contribution is -2.01. The molecule has 0 aromatic carbocycles. The Morgan fingerprint density at radius 1 is 1.38 bits per heavy atom. The van der Waals surface area contributed by atoms with Crippen LogP contribution in [0.3, 0.4) is 0 Å². The fourth-order valence-electron chi connectivity index (χ4n) is 1.63. The topological polar surface area (TPSA) is 64.9 Å². The van der Waals surface area contributed by atoms with E-state index in [9.17, 15) is 0 Å². The molecule has 16 heavy (non-hydrogen) atoms. The lowest BCUT2D eigenvalue weighted by atomic mass is 10.2. The predicted octanol–water partition coefficient (Wildman–Crippen LogP) is 2.96. The van der Waals surface area contributed by atoms with E-state index in [1.54, 1.807) is 12.5 Å². The molecule has 2 heterocycles. The van der Waals surface area contributed by atoms with Gasteiger partial charge in [0.15, 0.2) is 5.82 Å². The summed E-state index contributed by atoms with van der Waals surface area (Å²) < 4.78 is 5.86. The molecule has 3 rings (SSSR count). The van der Waals surface area contributed by atoms with E-state index in [2.05, 4.69) is 25.9 Å². The van der Waals surface area contributed by atoms with Gasteiger partial charge in [0.25, 0.3) is 0 Å². The van der Waals surface area contributed by atoms with Crippen LogP contribution in [-0.2, 0) is 0 Å². The molecule has 0 spiro atoms. The van der Waals surface area contributed by atoms with Gasteiger partial charge in [0.05, 0.1) is 22.0 Å². The molecule has 0 radical (unpaired) electrons. The van der Waals surface area contributed by atoms with E-state index >= 15 is 0 Å². The number of furan rings is 1. The Balaban J connectivity index is 2.13. The summed E-state index contributed by atoms with van der Waals surface area (Å²) in [4.78, 5) is 8.79. The van der Waals surface area contributed by atoms with Crippen LogP contribution in [0.15, 0.2) is 27.5 Å². The van der Waals surface area contributed by atoms with Gasteiger partial charge in [0, 0.05) is 5.92 Å². The molecule has 0 atom stereocenters. The first kappa shape index (κ1) is 9.84. The first-order valence-corrected chi connectivity index (χ1v) is 5.90. The SMILES string of the molecule is Nc1nc(-c2ccoc2)nc(C2CC2)c1Br. The number of aromatic nitrogens is 2. The fraction of sp³-hybridized carbons (Fsp3) is 0.273. The lowest BCUT2D eigenvalue weighted by Gasteiger charge is -2.06. The zero-order chi connectivity index (χ0) is 11.1. The van der Waals surface area contributed by atoms with Gasteiger partial charge in [-0.05, 0) is 34.8 Å². The van der Waals surface area contributed by atoms with Gasteiger partial charge < -0.3 is 10.2 Å². The Labute approximate surface area is 101 Å². The van der Waals surface area contributed by atoms with Gasteiger partial charge in [0.1, 0.15) is 12.1 Å². The standard InChI is InChI=1S/C11H10BrN3O/c12-8-9(6-1-2-6)14-11(15-10(8)13)7-3-4-16-5-7/h3-6H,1-2H2,(H2,13,14,15). The molecule has 2 aromatic heterocycles. The van der Waals surface area contributed by atoms with E-state index in [4.69, 9.17) is 10.2 Å². The molecule has 0 aliphatic heterocycles. The molecular formula is C11H10BrN3O. The maximum absolute atomic E-state index is 5.86. The molecule has 1 fully saturated rings. The van der Waals surface area contributed by atoms with Crippen LogP contribution in [0.1, 0.15) is 24.5 Å². The highest BCUT2D eigenvalue weighted by molar-refractivity contribution is 9.10. The Kier molecular flexibility index (Phi) is 2.21. The number of nitrogens with two attached hydrogens (primary N) is 1. The Morgan fingerprint density at radius 3 is 2.81 bits per heavy atom. The van der Waals surface area contributed by atoms with Gasteiger partial charge >= 0.3 is 0 Å². The smallest absolute Gasteiger partial charge is 0.165 e. The summed E-state index contributed by atoms with van der Waals surface area (Å²) in [7, 11) is 0. The number of nitrogen functional groups attached to an aromatic ring is 1. The first-order valence-electron chi connectivity index (χ1n) is 5.11. The molecule has 2 aromatic rings. The summed E-state index contributed by atoms with van der Waals surface area (Å²) >= 11 is 3.44. The third-order valence-corrected chi connectivity index (χ3v) is 3.46. The van der Waals surface area contributed by atoms with Crippen LogP contribution >= 0.6 is 15.9 Å². The second-order valence-corrected chi connectivity index (χ2v) is 4.71. The number of halogens is 1. The fourth-order valence-corrected chi connectivity index (χ4v) is 2.13. The summed E-state index contributed by atoms with van der Waals surface area (Å²) in [5.41, 5.74) is 7.74. The highest BCUT2D eigenvalue weighted by Gasteiger charge is 2.29. The minimum absolute atomic E-state index is 0.494. The molecular weight excluding hydrogens is 270 g/mol. The van der Waals surface area contributed by atoms with Crippen molar-refractivity contribution in [1.82, 2.24) is 9.97 Å². The van der Waals surface area contributed by atoms with E-state index in [0.29, 0.717) is 17.6 Å². The third kappa shape index (κ3) is 1.61. The summed E-state index contributed by atoms with van der Waals surface area (Å²) in [5, 5.41) is 0. The second-order valence-electron chi connectivity index (χ2n) is 3.92. The van der Waals surface area contributed by atoms with Gasteiger partial charge in [-0.2, -0.15) is 0 Å². The van der Waals surface area contributed by atoms with Crippen molar-refractivity contribution < 1.29 is 4.42 Å². The maximum Gasteiger partial charge on any atom is 0.165 e. The molecule has 5 heteroatoms. The molecule has 2 N–H and O–H groups in total. The molecule has 1 aliphatic carbocycles. The number of anilines is 1. The number of hydrogen-bond acceptors (Lipinski definition) is 4. The summed E-state index contributed by atoms with van der Waals surface area (Å²) in [5.74, 6) is 1.66. The van der Waals surface area contributed by atoms with Crippen LogP contribution in [0, 0.1) is 0 Å². The lowest BCUT2D eigenvalue weighted by molar-refractivity contribution is 0.568. The van der Waals surface area contributed by atoms with Gasteiger partial charge in [-0.3, -0.25) is 0 Å². The zero-order valence-electron chi connectivity index (χ0n) is 8.48. The van der Waals surface area contributed by atoms with E-state index in [1.165, 1.54) is 12.8 Å². The zero-order valence-corrected chi connectivity index (χ0v) is 10.1. The largest absolute Gasteiger partial charge is 0.472 e. The highest BCUT2D eigenvalue weighted by atomic mass is 79.9. The Morgan fingerprint density at radius 2 is 2.19 bits per heavy atom. The molecule has 0 saturated heterocycles. The minimum Gasteiger partial charge on any atom is -0.472 e. The summed E-state index contributed by atoms with van der Waals surface area (Å²) in [6, 6.07) is 1.83. The molecule has 0 unspecified atom stereocenters. The van der Waals surface area contributed by atoms with Crippen molar-refractivity contribution >= 4 is 21.7 Å². The average Bonchev–Trinajstić information content (AvgIpc) is 2.96. The van der Waals surface area contributed by atoms with Crippen LogP contribution in [0.5, 0.6) is 0 Å². The van der Waals surface area contributed by atoms with Crippen LogP contribution in [-0.4, -0.2) is 9.97 Å². The molecule has 82 valence electrons. The van der Waals surface area contributed by atoms with Crippen LogP contribution in [0.2, 0.25) is 0 Å². The number of rotatable bonds is 2. The first-order chi connectivity index (χ1) is 7.75. The summed E-state index contributed by atoms with van der Waals surface area (Å²) in [6.45, 7) is 0. The van der Waals surface area contributed by atoms with E-state index in [-0.39, 0.29) is 0 Å². The van der Waals surface area contributed by atoms with E-state index < -0.39 is 0 Å². The maximum atomic E-state index is 5.86. The van der Waals surface area contributed by atoms with Crippen molar-refractivity contribution in [3.8, 4) is 11.4 Å². The Bertz CT molecular complexity index is 520. The molecule has 1 saturated carbocycles.